The van der Waals surface area contributed by atoms with Crippen LogP contribution in [0.15, 0.2) is 53.7 Å². The van der Waals surface area contributed by atoms with Gasteiger partial charge in [-0.05, 0) is 60.5 Å². The van der Waals surface area contributed by atoms with Gasteiger partial charge in [0.2, 0.25) is 11.1 Å². The van der Waals surface area contributed by atoms with Gasteiger partial charge in [-0.15, -0.1) is 5.10 Å². The smallest absolute Gasteiger partial charge is 0.236 e. The Morgan fingerprint density at radius 3 is 2.50 bits per heavy atom. The first kappa shape index (κ1) is 20.4. The number of nitrogens with zero attached hydrogens (tertiary/aromatic N) is 6. The summed E-state index contributed by atoms with van der Waals surface area (Å²) in [6, 6.07) is 16.5. The molecule has 4 rings (SSSR count). The highest BCUT2D eigenvalue weighted by atomic mass is 32.2. The molecule has 30 heavy (non-hydrogen) atoms. The number of piperazine rings is 1. The molecule has 1 aromatic heterocycles. The lowest BCUT2D eigenvalue weighted by molar-refractivity contribution is -0.130. The van der Waals surface area contributed by atoms with Crippen molar-refractivity contribution in [2.45, 2.75) is 31.2 Å². The predicted octanol–water partition coefficient (Wildman–Crippen LogP) is 3.11. The molecule has 0 bridgehead atoms. The van der Waals surface area contributed by atoms with Crippen LogP contribution in [0.5, 0.6) is 0 Å². The molecule has 1 atom stereocenters. The topological polar surface area (TPSA) is 67.2 Å². The highest BCUT2D eigenvalue weighted by Gasteiger charge is 2.27. The summed E-state index contributed by atoms with van der Waals surface area (Å²) in [5, 5.41) is 12.5. The third kappa shape index (κ3) is 4.33. The number of tetrazole rings is 1. The number of anilines is 1. The minimum atomic E-state index is -0.261. The highest BCUT2D eigenvalue weighted by Crippen LogP contribution is 2.26. The van der Waals surface area contributed by atoms with Crippen molar-refractivity contribution in [2.75, 3.05) is 31.1 Å². The van der Waals surface area contributed by atoms with E-state index in [0.29, 0.717) is 5.16 Å². The van der Waals surface area contributed by atoms with Crippen molar-refractivity contribution in [3.8, 4) is 5.69 Å². The van der Waals surface area contributed by atoms with Crippen LogP contribution in [-0.2, 0) is 4.79 Å². The van der Waals surface area contributed by atoms with Gasteiger partial charge < -0.3 is 9.80 Å². The van der Waals surface area contributed by atoms with Gasteiger partial charge in [0.25, 0.3) is 0 Å². The van der Waals surface area contributed by atoms with Gasteiger partial charge in [0.05, 0.1) is 10.9 Å². The van der Waals surface area contributed by atoms with Crippen molar-refractivity contribution in [2.24, 2.45) is 0 Å². The molecule has 1 saturated heterocycles. The van der Waals surface area contributed by atoms with Gasteiger partial charge in [0.1, 0.15) is 0 Å². The van der Waals surface area contributed by atoms with E-state index in [4.69, 9.17) is 0 Å². The van der Waals surface area contributed by atoms with Gasteiger partial charge in [-0.3, -0.25) is 4.79 Å². The maximum Gasteiger partial charge on any atom is 0.236 e. The Hall–Kier alpha value is -2.87. The van der Waals surface area contributed by atoms with E-state index in [1.54, 1.807) is 4.68 Å². The van der Waals surface area contributed by atoms with Crippen molar-refractivity contribution in [1.82, 2.24) is 25.1 Å². The first-order chi connectivity index (χ1) is 14.5. The molecule has 2 aromatic carbocycles. The first-order valence-corrected chi connectivity index (χ1v) is 11.0. The van der Waals surface area contributed by atoms with Gasteiger partial charge >= 0.3 is 0 Å². The third-order valence-corrected chi connectivity index (χ3v) is 6.40. The summed E-state index contributed by atoms with van der Waals surface area (Å²) in [7, 11) is 0. The fourth-order valence-corrected chi connectivity index (χ4v) is 4.53. The number of carbonyl (C=O) groups is 1. The standard InChI is InChI=1S/C22H26N6OS/c1-16-9-10-17(2)20(15-16)28-22(23-24-25-28)30-18(3)21(29)27-13-11-26(12-14-27)19-7-5-4-6-8-19/h4-10,15,18H,11-14H2,1-3H3/t18-/m1/s1. The molecular formula is C22H26N6OS. The molecule has 1 amide bonds. The molecule has 0 aliphatic carbocycles. The molecule has 0 spiro atoms. The van der Waals surface area contributed by atoms with Crippen molar-refractivity contribution in [3.05, 3.63) is 59.7 Å². The number of hydrogen-bond donors (Lipinski definition) is 0. The second-order valence-electron chi connectivity index (χ2n) is 7.57. The summed E-state index contributed by atoms with van der Waals surface area (Å²) in [6.45, 7) is 9.13. The number of aromatic nitrogens is 4. The van der Waals surface area contributed by atoms with Crippen LogP contribution in [0.3, 0.4) is 0 Å². The number of benzene rings is 2. The van der Waals surface area contributed by atoms with Crippen LogP contribution in [0.1, 0.15) is 18.1 Å². The lowest BCUT2D eigenvalue weighted by Crippen LogP contribution is -2.50. The Labute approximate surface area is 181 Å². The average molecular weight is 423 g/mol. The number of thioether (sulfide) groups is 1. The summed E-state index contributed by atoms with van der Waals surface area (Å²) in [5.41, 5.74) is 4.38. The van der Waals surface area contributed by atoms with Crippen molar-refractivity contribution >= 4 is 23.4 Å². The zero-order chi connectivity index (χ0) is 21.1. The van der Waals surface area contributed by atoms with Crippen LogP contribution in [-0.4, -0.2) is 62.4 Å². The first-order valence-electron chi connectivity index (χ1n) is 10.1. The number of para-hydroxylation sites is 1. The lowest BCUT2D eigenvalue weighted by Gasteiger charge is -2.37. The highest BCUT2D eigenvalue weighted by molar-refractivity contribution is 8.00. The largest absolute Gasteiger partial charge is 0.368 e. The summed E-state index contributed by atoms with van der Waals surface area (Å²) >= 11 is 1.41. The van der Waals surface area contributed by atoms with Crippen LogP contribution >= 0.6 is 11.8 Å². The number of carbonyl (C=O) groups excluding carboxylic acids is 1. The lowest BCUT2D eigenvalue weighted by atomic mass is 10.1. The van der Waals surface area contributed by atoms with Gasteiger partial charge in [0, 0.05) is 31.9 Å². The quantitative estimate of drug-likeness (QED) is 0.589. The normalized spacial score (nSPS) is 15.3. The molecule has 3 aromatic rings. The Balaban J connectivity index is 1.41. The Morgan fingerprint density at radius 1 is 1.03 bits per heavy atom. The van der Waals surface area contributed by atoms with Gasteiger partial charge in [-0.25, -0.2) is 0 Å². The molecule has 0 N–H and O–H groups in total. The summed E-state index contributed by atoms with van der Waals surface area (Å²) < 4.78 is 1.73. The van der Waals surface area contributed by atoms with Gasteiger partial charge in [-0.1, -0.05) is 42.1 Å². The molecule has 7 nitrogen and oxygen atoms in total. The summed E-state index contributed by atoms with van der Waals surface area (Å²) in [6.07, 6.45) is 0. The van der Waals surface area contributed by atoms with E-state index in [9.17, 15) is 4.79 Å². The minimum absolute atomic E-state index is 0.128. The molecule has 0 saturated carbocycles. The molecular weight excluding hydrogens is 396 g/mol. The number of aryl methyl sites for hydroxylation is 2. The van der Waals surface area contributed by atoms with E-state index in [2.05, 4.69) is 50.8 Å². The maximum atomic E-state index is 13.0. The van der Waals surface area contributed by atoms with Crippen LogP contribution < -0.4 is 4.90 Å². The van der Waals surface area contributed by atoms with Crippen LogP contribution in [0.2, 0.25) is 0 Å². The van der Waals surface area contributed by atoms with E-state index in [0.717, 1.165) is 43.0 Å². The van der Waals surface area contributed by atoms with E-state index >= 15 is 0 Å². The molecule has 0 unspecified atom stereocenters. The van der Waals surface area contributed by atoms with E-state index in [1.807, 2.05) is 43.9 Å². The summed E-state index contributed by atoms with van der Waals surface area (Å²) in [4.78, 5) is 17.3. The monoisotopic (exact) mass is 422 g/mol. The van der Waals surface area contributed by atoms with E-state index in [1.165, 1.54) is 17.4 Å². The van der Waals surface area contributed by atoms with Crippen LogP contribution in [0.25, 0.3) is 5.69 Å². The van der Waals surface area contributed by atoms with Crippen LogP contribution in [0, 0.1) is 13.8 Å². The minimum Gasteiger partial charge on any atom is -0.368 e. The van der Waals surface area contributed by atoms with Crippen LogP contribution in [0.4, 0.5) is 5.69 Å². The van der Waals surface area contributed by atoms with Crippen molar-refractivity contribution < 1.29 is 4.79 Å². The Bertz CT molecular complexity index is 1010. The third-order valence-electron chi connectivity index (χ3n) is 5.38. The van der Waals surface area contributed by atoms with Crippen molar-refractivity contribution in [3.63, 3.8) is 0 Å². The van der Waals surface area contributed by atoms with Crippen molar-refractivity contribution in [1.29, 1.82) is 0 Å². The molecule has 156 valence electrons. The van der Waals surface area contributed by atoms with E-state index in [-0.39, 0.29) is 11.2 Å². The number of amides is 1. The molecule has 1 aliphatic heterocycles. The molecule has 0 radical (unpaired) electrons. The maximum absolute atomic E-state index is 13.0. The summed E-state index contributed by atoms with van der Waals surface area (Å²) in [5.74, 6) is 0.128. The Kier molecular flexibility index (Phi) is 6.03. The van der Waals surface area contributed by atoms with E-state index < -0.39 is 0 Å². The number of rotatable bonds is 5. The fourth-order valence-electron chi connectivity index (χ4n) is 3.64. The Morgan fingerprint density at radius 2 is 1.77 bits per heavy atom. The average Bonchev–Trinajstić information content (AvgIpc) is 3.23. The number of hydrogen-bond acceptors (Lipinski definition) is 6. The predicted molar refractivity (Wildman–Crippen MR) is 119 cm³/mol. The molecule has 8 heteroatoms. The fraction of sp³-hybridized carbons (Fsp3) is 0.364. The van der Waals surface area contributed by atoms with Gasteiger partial charge in [-0.2, -0.15) is 4.68 Å². The molecule has 1 fully saturated rings. The SMILES string of the molecule is Cc1ccc(C)c(-n2nnnc2S[C@H](C)C(=O)N2CCN(c3ccccc3)CC2)c1. The zero-order valence-electron chi connectivity index (χ0n) is 17.5. The molecule has 1 aliphatic rings. The molecule has 2 heterocycles. The second kappa shape index (κ2) is 8.87. The zero-order valence-corrected chi connectivity index (χ0v) is 18.3. The second-order valence-corrected chi connectivity index (χ2v) is 8.88. The van der Waals surface area contributed by atoms with Gasteiger partial charge in [0.15, 0.2) is 0 Å².